The van der Waals surface area contributed by atoms with Crippen LogP contribution in [0.3, 0.4) is 0 Å². The maximum Gasteiger partial charge on any atom is 0.303 e. The zero-order chi connectivity index (χ0) is 20.8. The summed E-state index contributed by atoms with van der Waals surface area (Å²) < 4.78 is 0. The van der Waals surface area contributed by atoms with Crippen molar-refractivity contribution in [3.8, 4) is 6.07 Å². The van der Waals surface area contributed by atoms with Gasteiger partial charge in [-0.15, -0.1) is 0 Å². The fourth-order valence-corrected chi connectivity index (χ4v) is 3.33. The lowest BCUT2D eigenvalue weighted by Gasteiger charge is -2.02. The van der Waals surface area contributed by atoms with Crippen LogP contribution in [0.25, 0.3) is 0 Å². The average Bonchev–Trinajstić information content (AvgIpc) is 3.24. The molecule has 0 saturated carbocycles. The molecule has 2 amide bonds. The molecule has 0 atom stereocenters. The van der Waals surface area contributed by atoms with Gasteiger partial charge in [-0.2, -0.15) is 5.26 Å². The van der Waals surface area contributed by atoms with Crippen molar-refractivity contribution in [3.63, 3.8) is 0 Å². The predicted molar refractivity (Wildman–Crippen MR) is 107 cm³/mol. The molecule has 3 N–H and O–H groups in total. The van der Waals surface area contributed by atoms with E-state index in [9.17, 15) is 14.4 Å². The number of nitriles is 1. The third kappa shape index (κ3) is 5.42. The van der Waals surface area contributed by atoms with Gasteiger partial charge in [-0.3, -0.25) is 14.4 Å². The van der Waals surface area contributed by atoms with Crippen LogP contribution in [-0.4, -0.2) is 22.9 Å². The van der Waals surface area contributed by atoms with Gasteiger partial charge in [0.15, 0.2) is 0 Å². The summed E-state index contributed by atoms with van der Waals surface area (Å²) in [4.78, 5) is 32.5. The third-order valence-corrected chi connectivity index (χ3v) is 4.74. The van der Waals surface area contributed by atoms with Gasteiger partial charge in [0.2, 0.25) is 11.8 Å². The Morgan fingerprint density at radius 1 is 0.931 bits per heavy atom. The molecule has 4 rings (SSSR count). The lowest BCUT2D eigenvalue weighted by molar-refractivity contribution is -0.137. The number of hydrogen-bond donors (Lipinski definition) is 3. The lowest BCUT2D eigenvalue weighted by Crippen LogP contribution is -2.03. The number of nitrogens with one attached hydrogen (secondary N) is 2. The minimum atomic E-state index is -0.801. The minimum absolute atomic E-state index is 0.000356. The zero-order valence-corrected chi connectivity index (χ0v) is 15.8. The van der Waals surface area contributed by atoms with Crippen molar-refractivity contribution >= 4 is 29.2 Å². The minimum Gasteiger partial charge on any atom is -0.481 e. The fourth-order valence-electron chi connectivity index (χ4n) is 3.33. The van der Waals surface area contributed by atoms with Crippen molar-refractivity contribution < 1.29 is 19.5 Å². The lowest BCUT2D eigenvalue weighted by atomic mass is 10.0. The van der Waals surface area contributed by atoms with Crippen LogP contribution in [0.4, 0.5) is 11.4 Å². The molecule has 2 heterocycles. The van der Waals surface area contributed by atoms with E-state index in [-0.39, 0.29) is 18.2 Å². The van der Waals surface area contributed by atoms with E-state index in [2.05, 4.69) is 16.7 Å². The molecule has 0 fully saturated rings. The summed E-state index contributed by atoms with van der Waals surface area (Å²) in [6.45, 7) is 0. The monoisotopic (exact) mass is 391 g/mol. The number of anilines is 2. The van der Waals surface area contributed by atoms with E-state index in [1.54, 1.807) is 0 Å². The average molecular weight is 391 g/mol. The number of hydrogen-bond acceptors (Lipinski definition) is 4. The Labute approximate surface area is 168 Å². The summed E-state index contributed by atoms with van der Waals surface area (Å²) in [5.74, 6) is -0.748. The van der Waals surface area contributed by atoms with E-state index in [4.69, 9.17) is 10.4 Å². The molecule has 0 spiro atoms. The van der Waals surface area contributed by atoms with Crippen molar-refractivity contribution in [1.29, 1.82) is 5.26 Å². The first kappa shape index (κ1) is 20.1. The van der Waals surface area contributed by atoms with Crippen LogP contribution in [0, 0.1) is 11.3 Å². The van der Waals surface area contributed by atoms with Gasteiger partial charge in [-0.25, -0.2) is 0 Å². The molecule has 0 unspecified atom stereocenters. The highest BCUT2D eigenvalue weighted by molar-refractivity contribution is 5.99. The van der Waals surface area contributed by atoms with Crippen molar-refractivity contribution in [2.45, 2.75) is 38.5 Å². The maximum atomic E-state index is 11.1. The van der Waals surface area contributed by atoms with Crippen LogP contribution >= 0.6 is 0 Å². The van der Waals surface area contributed by atoms with Crippen LogP contribution in [0.1, 0.15) is 35.1 Å². The van der Waals surface area contributed by atoms with Crippen molar-refractivity contribution in [2.75, 3.05) is 10.6 Å². The van der Waals surface area contributed by atoms with E-state index in [1.165, 1.54) is 0 Å². The Bertz CT molecular complexity index is 1010. The molecule has 0 saturated heterocycles. The predicted octanol–water partition coefficient (Wildman–Crippen LogP) is 2.84. The van der Waals surface area contributed by atoms with Gasteiger partial charge < -0.3 is 15.7 Å². The third-order valence-electron chi connectivity index (χ3n) is 4.74. The molecule has 7 heteroatoms. The Balaban J connectivity index is 0.000000166. The molecule has 0 aliphatic carbocycles. The Kier molecular flexibility index (Phi) is 6.25. The summed E-state index contributed by atoms with van der Waals surface area (Å²) in [5.41, 5.74) is 5.86. The first-order valence-electron chi connectivity index (χ1n) is 9.36. The SMILES string of the molecule is N#CCCc1ccc2c(c1)CC(=O)N2.O=C(O)CCc1ccc2c(c1)CC(=O)N2. The number of carbonyl (C=O) groups is 3. The highest BCUT2D eigenvalue weighted by atomic mass is 16.4. The number of carboxylic acids is 1. The normalized spacial score (nSPS) is 13.3. The number of carbonyl (C=O) groups excluding carboxylic acids is 2. The Morgan fingerprint density at radius 2 is 1.45 bits per heavy atom. The first-order chi connectivity index (χ1) is 13.9. The summed E-state index contributed by atoms with van der Waals surface area (Å²) in [6.07, 6.45) is 2.79. The number of aryl methyl sites for hydroxylation is 2. The number of aliphatic carboxylic acids is 1. The second kappa shape index (κ2) is 9.02. The Morgan fingerprint density at radius 3 is 1.93 bits per heavy atom. The van der Waals surface area contributed by atoms with Gasteiger partial charge in [-0.1, -0.05) is 24.3 Å². The number of carboxylic acid groups (broad SMARTS) is 1. The molecule has 0 bridgehead atoms. The van der Waals surface area contributed by atoms with E-state index >= 15 is 0 Å². The second-order valence-corrected chi connectivity index (χ2v) is 6.98. The molecule has 29 heavy (non-hydrogen) atoms. The van der Waals surface area contributed by atoms with Gasteiger partial charge in [0.25, 0.3) is 0 Å². The topological polar surface area (TPSA) is 119 Å². The molecule has 2 aromatic carbocycles. The first-order valence-corrected chi connectivity index (χ1v) is 9.36. The number of amides is 2. The van der Waals surface area contributed by atoms with Crippen LogP contribution in [0.2, 0.25) is 0 Å². The summed E-state index contributed by atoms with van der Waals surface area (Å²) >= 11 is 0. The smallest absolute Gasteiger partial charge is 0.303 e. The molecule has 2 aliphatic rings. The number of rotatable bonds is 5. The zero-order valence-electron chi connectivity index (χ0n) is 15.8. The van der Waals surface area contributed by atoms with E-state index in [0.29, 0.717) is 25.7 Å². The maximum absolute atomic E-state index is 11.1. The summed E-state index contributed by atoms with van der Waals surface area (Å²) in [7, 11) is 0. The molecule has 0 aromatic heterocycles. The van der Waals surface area contributed by atoms with E-state index < -0.39 is 5.97 Å². The highest BCUT2D eigenvalue weighted by Crippen LogP contribution is 2.25. The molecule has 2 aromatic rings. The largest absolute Gasteiger partial charge is 0.481 e. The van der Waals surface area contributed by atoms with Crippen LogP contribution in [0.5, 0.6) is 0 Å². The van der Waals surface area contributed by atoms with Crippen molar-refractivity contribution in [3.05, 3.63) is 58.7 Å². The van der Waals surface area contributed by atoms with Crippen LogP contribution in [-0.2, 0) is 40.1 Å². The van der Waals surface area contributed by atoms with Gasteiger partial charge in [0.1, 0.15) is 0 Å². The van der Waals surface area contributed by atoms with E-state index in [1.807, 2.05) is 36.4 Å². The standard InChI is InChI=1S/C11H10N2O.C11H11NO3/c12-5-1-2-8-3-4-10-9(6-8)7-11(14)13-10;13-10-6-8-5-7(2-4-11(14)15)1-3-9(8)12-10/h3-4,6H,1-2,7H2,(H,13,14);1,3,5H,2,4,6H2,(H,12,13)(H,14,15). The quantitative estimate of drug-likeness (QED) is 0.724. The second-order valence-electron chi connectivity index (χ2n) is 6.98. The van der Waals surface area contributed by atoms with Crippen LogP contribution in [0.15, 0.2) is 36.4 Å². The highest BCUT2D eigenvalue weighted by Gasteiger charge is 2.18. The summed E-state index contributed by atoms with van der Waals surface area (Å²) in [6, 6.07) is 13.6. The van der Waals surface area contributed by atoms with Gasteiger partial charge >= 0.3 is 5.97 Å². The van der Waals surface area contributed by atoms with Crippen LogP contribution < -0.4 is 10.6 Å². The fraction of sp³-hybridized carbons (Fsp3) is 0.273. The number of fused-ring (bicyclic) bond motifs is 2. The molecular weight excluding hydrogens is 370 g/mol. The van der Waals surface area contributed by atoms with Gasteiger partial charge in [0, 0.05) is 24.2 Å². The molecular formula is C22H21N3O4. The van der Waals surface area contributed by atoms with Crippen molar-refractivity contribution in [2.24, 2.45) is 0 Å². The molecule has 148 valence electrons. The molecule has 7 nitrogen and oxygen atoms in total. The van der Waals surface area contributed by atoms with Crippen molar-refractivity contribution in [1.82, 2.24) is 0 Å². The summed E-state index contributed by atoms with van der Waals surface area (Å²) in [5, 5.41) is 22.5. The Hall–Kier alpha value is -3.66. The number of benzene rings is 2. The number of nitrogens with zero attached hydrogens (tertiary/aromatic N) is 1. The van der Waals surface area contributed by atoms with Gasteiger partial charge in [-0.05, 0) is 47.2 Å². The molecule has 0 radical (unpaired) electrons. The molecule has 2 aliphatic heterocycles. The van der Waals surface area contributed by atoms with Gasteiger partial charge in [0.05, 0.1) is 18.9 Å². The van der Waals surface area contributed by atoms with E-state index in [0.717, 1.165) is 40.0 Å².